The van der Waals surface area contributed by atoms with Crippen LogP contribution in [0.5, 0.6) is 23.0 Å². The third kappa shape index (κ3) is 7.89. The fourth-order valence-corrected chi connectivity index (χ4v) is 9.32. The van der Waals surface area contributed by atoms with E-state index in [0.29, 0.717) is 22.3 Å². The molecule has 2 saturated heterocycles. The van der Waals surface area contributed by atoms with Crippen molar-refractivity contribution in [2.45, 2.75) is 42.3 Å². The lowest BCUT2D eigenvalue weighted by Crippen LogP contribution is -2.60. The Morgan fingerprint density at radius 2 is 1.37 bits per heavy atom. The summed E-state index contributed by atoms with van der Waals surface area (Å²) in [5, 5.41) is 42.2. The van der Waals surface area contributed by atoms with Crippen molar-refractivity contribution in [3.05, 3.63) is 154 Å². The van der Waals surface area contributed by atoms with Gasteiger partial charge >= 0.3 is 12.1 Å². The van der Waals surface area contributed by atoms with E-state index in [4.69, 9.17) is 9.47 Å². The van der Waals surface area contributed by atoms with Gasteiger partial charge in [0.2, 0.25) is 0 Å². The number of alkyl carbamates (subject to hydrolysis) is 1. The number of carbonyl (C=O) groups excluding carboxylic acids is 4. The van der Waals surface area contributed by atoms with E-state index in [9.17, 15) is 48.0 Å². The molecule has 1 aromatic heterocycles. The monoisotopic (exact) mass is 834 g/mol. The number of β-lactam (4-membered cyclic amide) rings is 1. The fraction of sp³-hybridized carbons (Fsp3) is 0.186. The van der Waals surface area contributed by atoms with Gasteiger partial charge in [-0.3, -0.25) is 14.6 Å². The van der Waals surface area contributed by atoms with Gasteiger partial charge in [-0.15, -0.1) is 0 Å². The van der Waals surface area contributed by atoms with Crippen LogP contribution in [0, 0.1) is 0 Å². The molecule has 3 amide bonds. The molecule has 17 heteroatoms. The Morgan fingerprint density at radius 3 is 1.93 bits per heavy atom. The van der Waals surface area contributed by atoms with E-state index in [1.54, 1.807) is 60.7 Å². The van der Waals surface area contributed by atoms with E-state index in [1.807, 2.05) is 0 Å². The predicted octanol–water partition coefficient (Wildman–Crippen LogP) is 4.20. The number of sulfone groups is 1. The first-order valence-corrected chi connectivity index (χ1v) is 20.0. The largest absolute Gasteiger partial charge is 0.504 e. The number of rotatable bonds is 12. The molecule has 60 heavy (non-hydrogen) atoms. The zero-order valence-electron chi connectivity index (χ0n) is 31.8. The summed E-state index contributed by atoms with van der Waals surface area (Å²) in [6, 6.07) is 26.3. The number of phenols is 4. The highest BCUT2D eigenvalue weighted by atomic mass is 32.2. The summed E-state index contributed by atoms with van der Waals surface area (Å²) in [5.41, 5.74) is 1.93. The van der Waals surface area contributed by atoms with Gasteiger partial charge in [0.05, 0.1) is 11.3 Å². The van der Waals surface area contributed by atoms with Crippen molar-refractivity contribution in [1.82, 2.24) is 20.5 Å². The van der Waals surface area contributed by atoms with E-state index >= 15 is 0 Å². The minimum Gasteiger partial charge on any atom is -0.504 e. The number of ether oxygens (including phenoxy) is 2. The molecule has 4 aromatic carbocycles. The Kier molecular flexibility index (Phi) is 11.2. The summed E-state index contributed by atoms with van der Waals surface area (Å²) >= 11 is 0. The van der Waals surface area contributed by atoms with Crippen LogP contribution in [0.1, 0.15) is 51.3 Å². The van der Waals surface area contributed by atoms with E-state index in [1.165, 1.54) is 67.7 Å². The Balaban J connectivity index is 1.17. The molecule has 2 fully saturated rings. The topological polar surface area (TPSA) is 242 Å². The van der Waals surface area contributed by atoms with Gasteiger partial charge in [-0.1, -0.05) is 72.8 Å². The molecule has 5 aromatic rings. The summed E-state index contributed by atoms with van der Waals surface area (Å²) in [4.78, 5) is 59.6. The zero-order chi connectivity index (χ0) is 42.8. The van der Waals surface area contributed by atoms with Gasteiger partial charge in [0.15, 0.2) is 50.4 Å². The molecule has 0 unspecified atom stereocenters. The highest BCUT2D eigenvalue weighted by Gasteiger charge is 2.73. The number of benzene rings is 4. The molecule has 308 valence electrons. The molecule has 0 bridgehead atoms. The Labute approximate surface area is 343 Å². The molecule has 16 nitrogen and oxygen atoms in total. The lowest BCUT2D eigenvalue weighted by atomic mass is 9.93. The van der Waals surface area contributed by atoms with Gasteiger partial charge in [-0.05, 0) is 71.7 Å². The molecule has 0 saturated carbocycles. The third-order valence-electron chi connectivity index (χ3n) is 10.3. The van der Waals surface area contributed by atoms with Crippen LogP contribution in [-0.2, 0) is 42.0 Å². The molecular weight excluding hydrogens is 797 g/mol. The van der Waals surface area contributed by atoms with Crippen LogP contribution in [0.2, 0.25) is 0 Å². The summed E-state index contributed by atoms with van der Waals surface area (Å²) in [7, 11) is -4.61. The fourth-order valence-electron chi connectivity index (χ4n) is 7.05. The van der Waals surface area contributed by atoms with Crippen molar-refractivity contribution < 1.29 is 57.5 Å². The second-order valence-electron chi connectivity index (χ2n) is 14.3. The summed E-state index contributed by atoms with van der Waals surface area (Å²) < 4.78 is 38.6. The van der Waals surface area contributed by atoms with Crippen LogP contribution < -0.4 is 10.6 Å². The molecule has 7 rings (SSSR count). The van der Waals surface area contributed by atoms with Crippen molar-refractivity contribution in [2.24, 2.45) is 0 Å². The normalized spacial score (nSPS) is 19.6. The Morgan fingerprint density at radius 1 is 0.800 bits per heavy atom. The Hall–Kier alpha value is -7.40. The molecule has 0 spiro atoms. The number of hydrogen-bond acceptors (Lipinski definition) is 13. The SMILES string of the molecule is C[C@]1(COC(=O)NCc2ccc(O)c(O)c2)[C@H](C(=O)OC(c2ccccc2)c2ccccc2)N2C(=O)C(=Cc3cc(C(=O)NCc4ccc(O)c(O)c4)ccn3)[C@H]2S1(=O)=O. The second kappa shape index (κ2) is 16.5. The summed E-state index contributed by atoms with van der Waals surface area (Å²) in [6.45, 7) is 0.121. The van der Waals surface area contributed by atoms with Crippen LogP contribution in [0.3, 0.4) is 0 Å². The van der Waals surface area contributed by atoms with E-state index < -0.39 is 68.3 Å². The quantitative estimate of drug-likeness (QED) is 0.0448. The maximum atomic E-state index is 14.6. The molecule has 0 aliphatic carbocycles. The van der Waals surface area contributed by atoms with Crippen LogP contribution in [0.25, 0.3) is 6.08 Å². The first-order valence-electron chi connectivity index (χ1n) is 18.4. The summed E-state index contributed by atoms with van der Waals surface area (Å²) in [6.07, 6.45) is 0.416. The maximum absolute atomic E-state index is 14.6. The van der Waals surface area contributed by atoms with Gasteiger partial charge in [0, 0.05) is 24.8 Å². The van der Waals surface area contributed by atoms with Crippen molar-refractivity contribution in [2.75, 3.05) is 6.61 Å². The average molecular weight is 835 g/mol. The molecule has 2 aliphatic heterocycles. The lowest BCUT2D eigenvalue weighted by Gasteiger charge is -2.39. The standard InChI is InChI=1S/C43H38N4O12S/c1-43(24-58-42(55)46-23-26-13-15-33(49)35(51)19-26)37(41(54)59-36(27-8-4-2-5-9-27)28-10-6-3-7-11-28)47-39(53)31(40(47)60(43,56)57)21-30-20-29(16-17-44-30)38(52)45-22-25-12-14-32(48)34(50)18-25/h2-21,36-37,40,48-51H,22-24H2,1H3,(H,45,52)(H,46,55)/t37-,40+,43-/m0/s1. The Bertz CT molecular complexity index is 2580. The number of nitrogens with zero attached hydrogens (tertiary/aromatic N) is 2. The van der Waals surface area contributed by atoms with E-state index in [0.717, 1.165) is 4.90 Å². The van der Waals surface area contributed by atoms with E-state index in [2.05, 4.69) is 15.6 Å². The van der Waals surface area contributed by atoms with Gasteiger partial charge in [0.25, 0.3) is 11.8 Å². The number of esters is 1. The molecular formula is C43H38N4O12S. The summed E-state index contributed by atoms with van der Waals surface area (Å²) in [5.74, 6) is -3.93. The molecule has 3 atom stereocenters. The first-order chi connectivity index (χ1) is 28.7. The van der Waals surface area contributed by atoms with E-state index in [-0.39, 0.29) is 47.2 Å². The maximum Gasteiger partial charge on any atom is 0.407 e. The smallest absolute Gasteiger partial charge is 0.407 e. The van der Waals surface area contributed by atoms with Crippen molar-refractivity contribution in [1.29, 1.82) is 0 Å². The zero-order valence-corrected chi connectivity index (χ0v) is 32.6. The first kappa shape index (κ1) is 40.8. The number of carbonyl (C=O) groups is 4. The minimum absolute atomic E-state index is 0.00878. The molecule has 6 N–H and O–H groups in total. The minimum atomic E-state index is -4.61. The number of aromatic hydroxyl groups is 4. The predicted molar refractivity (Wildman–Crippen MR) is 214 cm³/mol. The number of pyridine rings is 1. The van der Waals surface area contributed by atoms with Crippen molar-refractivity contribution >= 4 is 39.8 Å². The molecule has 3 heterocycles. The van der Waals surface area contributed by atoms with Crippen molar-refractivity contribution in [3.63, 3.8) is 0 Å². The number of nitrogens with one attached hydrogen (secondary N) is 2. The van der Waals surface area contributed by atoms with Gasteiger partial charge < -0.3 is 45.4 Å². The number of hydrogen-bond donors (Lipinski definition) is 6. The number of aromatic nitrogens is 1. The third-order valence-corrected chi connectivity index (χ3v) is 13.0. The van der Waals surface area contributed by atoms with Crippen LogP contribution in [-0.4, -0.2) is 85.4 Å². The average Bonchev–Trinajstić information content (AvgIpc) is 3.41. The van der Waals surface area contributed by atoms with Crippen LogP contribution in [0.4, 0.5) is 4.79 Å². The van der Waals surface area contributed by atoms with Crippen LogP contribution in [0.15, 0.2) is 121 Å². The van der Waals surface area contributed by atoms with Gasteiger partial charge in [-0.2, -0.15) is 0 Å². The second-order valence-corrected chi connectivity index (χ2v) is 16.8. The highest BCUT2D eigenvalue weighted by molar-refractivity contribution is 7.94. The lowest BCUT2D eigenvalue weighted by molar-refractivity contribution is -0.161. The van der Waals surface area contributed by atoms with Gasteiger partial charge in [0.1, 0.15) is 11.4 Å². The number of fused-ring (bicyclic) bond motifs is 1. The molecule has 2 aliphatic rings. The highest BCUT2D eigenvalue weighted by Crippen LogP contribution is 2.50. The molecule has 0 radical (unpaired) electrons. The van der Waals surface area contributed by atoms with Gasteiger partial charge in [-0.25, -0.2) is 18.0 Å². The number of phenolic OH excluding ortho intramolecular Hbond substituents is 4. The van der Waals surface area contributed by atoms with Crippen molar-refractivity contribution in [3.8, 4) is 23.0 Å². The number of amides is 3. The van der Waals surface area contributed by atoms with Crippen LogP contribution >= 0.6 is 0 Å².